The van der Waals surface area contributed by atoms with Crippen molar-refractivity contribution in [2.45, 2.75) is 13.1 Å². The van der Waals surface area contributed by atoms with Crippen LogP contribution in [0.5, 0.6) is 0 Å². The van der Waals surface area contributed by atoms with Gasteiger partial charge in [-0.3, -0.25) is 28.9 Å². The molecule has 4 aromatic heterocycles. The molecule has 0 amide bonds. The van der Waals surface area contributed by atoms with Crippen LogP contribution in [0.15, 0.2) is 159 Å². The van der Waals surface area contributed by atoms with Crippen LogP contribution in [-0.4, -0.2) is 115 Å². The summed E-state index contributed by atoms with van der Waals surface area (Å²) in [6.07, 6.45) is 6.86. The maximum atomic E-state index is 14.6. The average Bonchev–Trinajstić information content (AvgIpc) is 4.01. The van der Waals surface area contributed by atoms with Crippen LogP contribution in [0.1, 0.15) is 11.1 Å². The van der Waals surface area contributed by atoms with E-state index < -0.39 is 0 Å². The Hall–Kier alpha value is -7.22. The Kier molecular flexibility index (Phi) is 12.0. The summed E-state index contributed by atoms with van der Waals surface area (Å²) >= 11 is 0. The molecule has 0 N–H and O–H groups in total. The van der Waals surface area contributed by atoms with E-state index in [1.165, 1.54) is 34.4 Å². The molecule has 2 saturated heterocycles. The number of imidazole rings is 2. The lowest BCUT2D eigenvalue weighted by Gasteiger charge is -2.32. The molecule has 0 spiro atoms. The van der Waals surface area contributed by atoms with Crippen molar-refractivity contribution in [3.8, 4) is 33.6 Å². The van der Waals surface area contributed by atoms with Crippen LogP contribution in [0.4, 0.5) is 8.78 Å². The van der Waals surface area contributed by atoms with Crippen molar-refractivity contribution < 1.29 is 8.78 Å². The summed E-state index contributed by atoms with van der Waals surface area (Å²) < 4.78 is 32.9. The Morgan fingerprint density at radius 3 is 1.25 bits per heavy atom. The first-order valence-corrected chi connectivity index (χ1v) is 23.3. The predicted molar refractivity (Wildman–Crippen MR) is 269 cm³/mol. The maximum absolute atomic E-state index is 14.6. The first-order chi connectivity index (χ1) is 33.3. The molecule has 0 unspecified atom stereocenters. The lowest BCUT2D eigenvalue weighted by molar-refractivity contribution is 0.148. The lowest BCUT2D eigenvalue weighted by Crippen LogP contribution is -2.43. The van der Waals surface area contributed by atoms with E-state index in [4.69, 9.17) is 0 Å². The Morgan fingerprint density at radius 2 is 0.824 bits per heavy atom. The first-order valence-electron chi connectivity index (χ1n) is 23.3. The molecule has 0 radical (unpaired) electrons. The normalized spacial score (nSPS) is 15.4. The molecule has 6 aromatic carbocycles. The van der Waals surface area contributed by atoms with Crippen LogP contribution in [0.25, 0.3) is 77.5 Å². The second-order valence-corrected chi connectivity index (χ2v) is 18.1. The highest BCUT2D eigenvalue weighted by molar-refractivity contribution is 6.05. The van der Waals surface area contributed by atoms with Gasteiger partial charge in [0.1, 0.15) is 35.3 Å². The molecule has 10 aromatic rings. The second kappa shape index (κ2) is 18.8. The van der Waals surface area contributed by atoms with Crippen LogP contribution >= 0.6 is 0 Å². The molecule has 12 heteroatoms. The van der Waals surface area contributed by atoms with E-state index in [0.29, 0.717) is 11.4 Å². The Balaban J connectivity index is 0.000000149. The van der Waals surface area contributed by atoms with Gasteiger partial charge in [-0.05, 0) is 108 Å². The fourth-order valence-electron chi connectivity index (χ4n) is 9.63. The van der Waals surface area contributed by atoms with Gasteiger partial charge in [-0.25, -0.2) is 18.7 Å². The SMILES string of the molecule is CN1CCN(Cc2cccc(-c3ccc4ncc5ncn(-c6ccccc6F)c5c4c3)c2)CC1.CN1CCN(Cc2cccc(-c3ccc4ncc5ncn(-c6ccccc6F)c5c4c3)c2)CC1. The van der Waals surface area contributed by atoms with Crippen LogP contribution in [0.3, 0.4) is 0 Å². The number of benzene rings is 6. The minimum Gasteiger partial charge on any atom is -0.304 e. The Labute approximate surface area is 394 Å². The highest BCUT2D eigenvalue weighted by Gasteiger charge is 2.18. The number of para-hydroxylation sites is 2. The van der Waals surface area contributed by atoms with Crippen LogP contribution in [-0.2, 0) is 13.1 Å². The number of nitrogens with zero attached hydrogens (tertiary/aromatic N) is 10. The van der Waals surface area contributed by atoms with Gasteiger partial charge < -0.3 is 9.80 Å². The van der Waals surface area contributed by atoms with Gasteiger partial charge in [0, 0.05) is 76.2 Å². The topological polar surface area (TPSA) is 74.4 Å². The maximum Gasteiger partial charge on any atom is 0.147 e. The molecule has 0 saturated carbocycles. The molecule has 2 fully saturated rings. The zero-order valence-electron chi connectivity index (χ0n) is 38.3. The van der Waals surface area contributed by atoms with Crippen molar-refractivity contribution in [2.24, 2.45) is 0 Å². The number of likely N-dealkylation sites (N-methyl/N-ethyl adjacent to an activating group) is 2. The van der Waals surface area contributed by atoms with E-state index in [2.05, 4.69) is 126 Å². The summed E-state index contributed by atoms with van der Waals surface area (Å²) in [4.78, 5) is 28.0. The highest BCUT2D eigenvalue weighted by atomic mass is 19.1. The largest absolute Gasteiger partial charge is 0.304 e. The molecule has 2 aliphatic rings. The van der Waals surface area contributed by atoms with Gasteiger partial charge in [0.2, 0.25) is 0 Å². The van der Waals surface area contributed by atoms with Crippen molar-refractivity contribution in [1.29, 1.82) is 0 Å². The van der Waals surface area contributed by atoms with Gasteiger partial charge in [0.25, 0.3) is 0 Å². The molecule has 6 heterocycles. The van der Waals surface area contributed by atoms with E-state index in [-0.39, 0.29) is 11.6 Å². The van der Waals surface area contributed by atoms with E-state index in [1.807, 2.05) is 33.4 Å². The molecule has 0 bridgehead atoms. The predicted octanol–water partition coefficient (Wildman–Crippen LogP) is 10.3. The molecular weight excluding hydrogens is 851 g/mol. The average molecular weight is 903 g/mol. The zero-order valence-corrected chi connectivity index (χ0v) is 38.3. The number of piperazine rings is 2. The van der Waals surface area contributed by atoms with Crippen LogP contribution in [0.2, 0.25) is 0 Å². The van der Waals surface area contributed by atoms with E-state index in [9.17, 15) is 8.78 Å². The van der Waals surface area contributed by atoms with Crippen molar-refractivity contribution in [2.75, 3.05) is 66.5 Å². The number of halogens is 2. The van der Waals surface area contributed by atoms with Crippen molar-refractivity contribution in [1.82, 2.24) is 48.7 Å². The summed E-state index contributed by atoms with van der Waals surface area (Å²) in [6, 6.07) is 43.7. The molecule has 2 aliphatic heterocycles. The fourth-order valence-corrected chi connectivity index (χ4v) is 9.63. The van der Waals surface area contributed by atoms with E-state index in [0.717, 1.165) is 120 Å². The molecule has 0 aliphatic carbocycles. The standard InChI is InChI=1S/2C28H26FN5/c2*1-32-11-13-33(14-12-32)18-20-5-4-6-21(15-20)22-9-10-25-23(16-22)28-26(17-30-25)31-19-34(28)27-8-3-2-7-24(27)29/h2*2-10,15-17,19H,11-14,18H2,1H3. The van der Waals surface area contributed by atoms with Crippen LogP contribution in [0, 0.1) is 11.6 Å². The van der Waals surface area contributed by atoms with Gasteiger partial charge in [-0.2, -0.15) is 0 Å². The van der Waals surface area contributed by atoms with Crippen molar-refractivity contribution in [3.63, 3.8) is 0 Å². The quantitative estimate of drug-likeness (QED) is 0.149. The zero-order chi connectivity index (χ0) is 46.1. The summed E-state index contributed by atoms with van der Waals surface area (Å²) in [7, 11) is 4.36. The van der Waals surface area contributed by atoms with Gasteiger partial charge in [-0.15, -0.1) is 0 Å². The third kappa shape index (κ3) is 8.87. The third-order valence-electron chi connectivity index (χ3n) is 13.5. The number of hydrogen-bond donors (Lipinski definition) is 0. The minimum absolute atomic E-state index is 0.278. The molecular formula is C56H52F2N10. The molecule has 10 nitrogen and oxygen atoms in total. The van der Waals surface area contributed by atoms with Crippen molar-refractivity contribution in [3.05, 3.63) is 181 Å². The smallest absolute Gasteiger partial charge is 0.147 e. The fraction of sp³-hybridized carbons (Fsp3) is 0.214. The molecule has 68 heavy (non-hydrogen) atoms. The van der Waals surface area contributed by atoms with Crippen molar-refractivity contribution >= 4 is 43.9 Å². The van der Waals surface area contributed by atoms with Gasteiger partial charge in [-0.1, -0.05) is 72.8 Å². The summed E-state index contributed by atoms with van der Waals surface area (Å²) in [5, 5.41) is 1.92. The molecule has 0 atom stereocenters. The van der Waals surface area contributed by atoms with E-state index in [1.54, 1.807) is 49.3 Å². The second-order valence-electron chi connectivity index (χ2n) is 18.1. The number of rotatable bonds is 8. The lowest BCUT2D eigenvalue weighted by atomic mass is 10.0. The van der Waals surface area contributed by atoms with Gasteiger partial charge >= 0.3 is 0 Å². The summed E-state index contributed by atoms with van der Waals surface area (Å²) in [6.45, 7) is 10.8. The third-order valence-corrected chi connectivity index (χ3v) is 13.5. The summed E-state index contributed by atoms with van der Waals surface area (Å²) in [5.41, 5.74) is 13.1. The number of pyridine rings is 2. The number of aromatic nitrogens is 6. The Bertz CT molecular complexity index is 3190. The van der Waals surface area contributed by atoms with Crippen LogP contribution < -0.4 is 0 Å². The summed E-state index contributed by atoms with van der Waals surface area (Å²) in [5.74, 6) is -0.556. The Morgan fingerprint density at radius 1 is 0.412 bits per heavy atom. The minimum atomic E-state index is -0.278. The highest BCUT2D eigenvalue weighted by Crippen LogP contribution is 2.33. The molecule has 340 valence electrons. The van der Waals surface area contributed by atoms with Gasteiger partial charge in [0.15, 0.2) is 0 Å². The van der Waals surface area contributed by atoms with E-state index >= 15 is 0 Å². The number of fused-ring (bicyclic) bond motifs is 6. The first kappa shape index (κ1) is 43.4. The van der Waals surface area contributed by atoms with Gasteiger partial charge in [0.05, 0.1) is 45.8 Å². The monoisotopic (exact) mass is 902 g/mol. The number of hydrogen-bond acceptors (Lipinski definition) is 8. The molecule has 12 rings (SSSR count).